The fraction of sp³-hybridized carbons (Fsp3) is 0.0952. The highest BCUT2D eigenvalue weighted by Gasteiger charge is 2.31. The summed E-state index contributed by atoms with van der Waals surface area (Å²) in [6.07, 6.45) is 0. The predicted octanol–water partition coefficient (Wildman–Crippen LogP) is 5.43. The molecule has 3 aromatic rings. The van der Waals surface area contributed by atoms with Gasteiger partial charge >= 0.3 is 0 Å². The van der Waals surface area contributed by atoms with Gasteiger partial charge in [-0.3, -0.25) is 10.2 Å². The molecule has 0 aliphatic carbocycles. The van der Waals surface area contributed by atoms with Gasteiger partial charge in [-0.15, -0.1) is 11.3 Å². The van der Waals surface area contributed by atoms with Crippen molar-refractivity contribution >= 4 is 45.8 Å². The minimum atomic E-state index is -0.0440. The molecule has 0 saturated carbocycles. The number of amidine groups is 1. The van der Waals surface area contributed by atoms with E-state index in [1.165, 1.54) is 18.3 Å². The minimum Gasteiger partial charge on any atom is -0.510 e. The van der Waals surface area contributed by atoms with Gasteiger partial charge < -0.3 is 10.0 Å². The maximum atomic E-state index is 11.7. The van der Waals surface area contributed by atoms with Gasteiger partial charge in [-0.1, -0.05) is 35.9 Å². The Morgan fingerprint density at radius 2 is 2.00 bits per heavy atom. The molecule has 0 atom stereocenters. The molecule has 0 amide bonds. The lowest BCUT2D eigenvalue weighted by Crippen LogP contribution is -2.26. The standard InChI is InChI=1S/C21H16ClN3O2S/c1-12(26)14-3-2-4-16(9-14)25-10-18(27)19(20(25)23)21-24-17(11-28-21)13-5-7-15(22)8-6-13/h2-9,11,23,27H,10H2,1H3. The Labute approximate surface area is 171 Å². The lowest BCUT2D eigenvalue weighted by molar-refractivity contribution is 0.101. The molecule has 0 bridgehead atoms. The van der Waals surface area contributed by atoms with Crippen molar-refractivity contribution in [3.05, 3.63) is 75.3 Å². The largest absolute Gasteiger partial charge is 0.510 e. The SMILES string of the molecule is CC(=O)c1cccc(N2CC(O)=C(c3nc(-c4ccc(Cl)cc4)cs3)C2=N)c1. The van der Waals surface area contributed by atoms with E-state index in [2.05, 4.69) is 4.98 Å². The monoisotopic (exact) mass is 409 g/mol. The highest BCUT2D eigenvalue weighted by molar-refractivity contribution is 7.11. The summed E-state index contributed by atoms with van der Waals surface area (Å²) in [5.74, 6) is 0.211. The van der Waals surface area contributed by atoms with Crippen LogP contribution in [0.1, 0.15) is 22.3 Å². The zero-order valence-corrected chi connectivity index (χ0v) is 16.5. The fourth-order valence-corrected chi connectivity index (χ4v) is 4.08. The number of nitrogens with zero attached hydrogens (tertiary/aromatic N) is 2. The first-order valence-electron chi connectivity index (χ1n) is 8.55. The van der Waals surface area contributed by atoms with Crippen molar-refractivity contribution in [1.29, 1.82) is 5.41 Å². The van der Waals surface area contributed by atoms with Crippen molar-refractivity contribution in [3.8, 4) is 11.3 Å². The van der Waals surface area contributed by atoms with Gasteiger partial charge in [0, 0.05) is 27.2 Å². The summed E-state index contributed by atoms with van der Waals surface area (Å²) >= 11 is 7.31. The zero-order valence-electron chi connectivity index (χ0n) is 14.9. The van der Waals surface area contributed by atoms with Gasteiger partial charge in [0.1, 0.15) is 16.6 Å². The molecule has 1 aliphatic rings. The molecule has 2 N–H and O–H groups in total. The Balaban J connectivity index is 1.64. The van der Waals surface area contributed by atoms with Crippen LogP contribution in [0.5, 0.6) is 0 Å². The Bertz CT molecular complexity index is 1120. The molecule has 140 valence electrons. The second-order valence-electron chi connectivity index (χ2n) is 6.41. The van der Waals surface area contributed by atoms with Crippen molar-refractivity contribution in [3.63, 3.8) is 0 Å². The highest BCUT2D eigenvalue weighted by Crippen LogP contribution is 2.34. The Morgan fingerprint density at radius 3 is 2.71 bits per heavy atom. The van der Waals surface area contributed by atoms with Crippen LogP contribution in [-0.4, -0.2) is 28.3 Å². The topological polar surface area (TPSA) is 77.3 Å². The molecule has 1 aliphatic heterocycles. The van der Waals surface area contributed by atoms with Crippen LogP contribution >= 0.6 is 22.9 Å². The number of hydrogen-bond donors (Lipinski definition) is 2. The molecule has 2 heterocycles. The molecule has 7 heteroatoms. The van der Waals surface area contributed by atoms with E-state index in [-0.39, 0.29) is 23.9 Å². The lowest BCUT2D eigenvalue weighted by atomic mass is 10.1. The summed E-state index contributed by atoms with van der Waals surface area (Å²) in [4.78, 5) is 17.9. The van der Waals surface area contributed by atoms with Crippen LogP contribution in [0.4, 0.5) is 5.69 Å². The van der Waals surface area contributed by atoms with Gasteiger partial charge in [0.05, 0.1) is 17.8 Å². The molecule has 28 heavy (non-hydrogen) atoms. The number of Topliss-reactive ketones (excluding diaryl/α,β-unsaturated/α-hetero) is 1. The van der Waals surface area contributed by atoms with Crippen molar-refractivity contribution in [2.75, 3.05) is 11.4 Å². The van der Waals surface area contributed by atoms with E-state index in [1.54, 1.807) is 35.2 Å². The van der Waals surface area contributed by atoms with Crippen molar-refractivity contribution in [2.24, 2.45) is 0 Å². The number of anilines is 1. The average molecular weight is 410 g/mol. The van der Waals surface area contributed by atoms with E-state index < -0.39 is 0 Å². The number of aromatic nitrogens is 1. The summed E-state index contributed by atoms with van der Waals surface area (Å²) in [6.45, 7) is 1.68. The number of halogens is 1. The van der Waals surface area contributed by atoms with Gasteiger partial charge in [-0.05, 0) is 31.2 Å². The van der Waals surface area contributed by atoms with Crippen LogP contribution in [0, 0.1) is 5.41 Å². The molecule has 0 fully saturated rings. The Hall–Kier alpha value is -2.96. The number of thiazole rings is 1. The molecule has 0 unspecified atom stereocenters. The van der Waals surface area contributed by atoms with E-state index in [0.29, 0.717) is 26.9 Å². The van der Waals surface area contributed by atoms with E-state index >= 15 is 0 Å². The maximum Gasteiger partial charge on any atom is 0.159 e. The Kier molecular flexibility index (Phi) is 4.75. The van der Waals surface area contributed by atoms with Crippen LogP contribution in [0.3, 0.4) is 0 Å². The van der Waals surface area contributed by atoms with Crippen LogP contribution < -0.4 is 4.90 Å². The first-order chi connectivity index (χ1) is 13.4. The molecule has 0 radical (unpaired) electrons. The molecule has 5 nitrogen and oxygen atoms in total. The minimum absolute atomic E-state index is 0.0440. The number of nitrogens with one attached hydrogen (secondary N) is 1. The first-order valence-corrected chi connectivity index (χ1v) is 9.81. The summed E-state index contributed by atoms with van der Waals surface area (Å²) in [6, 6.07) is 14.4. The second-order valence-corrected chi connectivity index (χ2v) is 7.70. The van der Waals surface area contributed by atoms with Gasteiger partial charge in [0.15, 0.2) is 5.78 Å². The van der Waals surface area contributed by atoms with E-state index in [4.69, 9.17) is 17.0 Å². The maximum absolute atomic E-state index is 11.7. The molecule has 0 spiro atoms. The average Bonchev–Trinajstić information content (AvgIpc) is 3.27. The Morgan fingerprint density at radius 1 is 1.25 bits per heavy atom. The second kappa shape index (κ2) is 7.22. The van der Waals surface area contributed by atoms with Crippen LogP contribution in [0.25, 0.3) is 16.8 Å². The fourth-order valence-electron chi connectivity index (χ4n) is 3.06. The van der Waals surface area contributed by atoms with Gasteiger partial charge in [-0.25, -0.2) is 4.98 Å². The number of carbonyl (C=O) groups is 1. The highest BCUT2D eigenvalue weighted by atomic mass is 35.5. The normalized spacial score (nSPS) is 14.1. The smallest absolute Gasteiger partial charge is 0.159 e. The summed E-state index contributed by atoms with van der Waals surface area (Å²) in [5, 5.41) is 22.2. The molecule has 4 rings (SSSR count). The summed E-state index contributed by atoms with van der Waals surface area (Å²) in [5.41, 5.74) is 3.36. The lowest BCUT2D eigenvalue weighted by Gasteiger charge is -2.19. The van der Waals surface area contributed by atoms with Crippen molar-refractivity contribution in [2.45, 2.75) is 6.92 Å². The molecule has 1 aromatic heterocycles. The van der Waals surface area contributed by atoms with E-state index in [0.717, 1.165) is 11.3 Å². The van der Waals surface area contributed by atoms with Gasteiger partial charge in [-0.2, -0.15) is 0 Å². The van der Waals surface area contributed by atoms with Gasteiger partial charge in [0.25, 0.3) is 0 Å². The number of aliphatic hydroxyl groups excluding tert-OH is 1. The number of benzene rings is 2. The molecule has 2 aromatic carbocycles. The first kappa shape index (κ1) is 18.4. The van der Waals surface area contributed by atoms with Gasteiger partial charge in [0.2, 0.25) is 0 Å². The molecule has 0 saturated heterocycles. The zero-order chi connectivity index (χ0) is 19.8. The quantitative estimate of drug-likeness (QED) is 0.563. The van der Waals surface area contributed by atoms with Crippen molar-refractivity contribution in [1.82, 2.24) is 4.98 Å². The number of rotatable bonds is 4. The van der Waals surface area contributed by atoms with Crippen molar-refractivity contribution < 1.29 is 9.90 Å². The third-order valence-corrected chi connectivity index (χ3v) is 5.64. The third kappa shape index (κ3) is 3.32. The number of hydrogen-bond acceptors (Lipinski definition) is 5. The molecular weight excluding hydrogens is 394 g/mol. The van der Waals surface area contributed by atoms with Crippen LogP contribution in [0.2, 0.25) is 5.02 Å². The van der Waals surface area contributed by atoms with Crippen LogP contribution in [-0.2, 0) is 0 Å². The molecular formula is C21H16ClN3O2S. The number of aliphatic hydroxyl groups is 1. The summed E-state index contributed by atoms with van der Waals surface area (Å²) < 4.78 is 0. The third-order valence-electron chi connectivity index (χ3n) is 4.53. The van der Waals surface area contributed by atoms with Crippen LogP contribution in [0.15, 0.2) is 59.7 Å². The number of ketones is 1. The van der Waals surface area contributed by atoms with E-state index in [9.17, 15) is 9.90 Å². The summed E-state index contributed by atoms with van der Waals surface area (Å²) in [7, 11) is 0. The number of carbonyl (C=O) groups excluding carboxylic acids is 1. The van der Waals surface area contributed by atoms with E-state index in [1.807, 2.05) is 23.6 Å². The predicted molar refractivity (Wildman–Crippen MR) is 114 cm³/mol.